The lowest BCUT2D eigenvalue weighted by Crippen LogP contribution is -2.40. The van der Waals surface area contributed by atoms with Gasteiger partial charge in [-0.15, -0.1) is 5.11 Å². The molecular formula is C22H27F2N5O3. The van der Waals surface area contributed by atoms with Gasteiger partial charge in [0, 0.05) is 5.56 Å². The van der Waals surface area contributed by atoms with Crippen molar-refractivity contribution in [2.75, 3.05) is 0 Å². The van der Waals surface area contributed by atoms with Crippen molar-refractivity contribution in [3.05, 3.63) is 65.2 Å². The number of carbonyl (C=O) groups excluding carboxylic acids is 1. The van der Waals surface area contributed by atoms with Gasteiger partial charge in [-0.25, -0.2) is 0 Å². The van der Waals surface area contributed by atoms with Crippen molar-refractivity contribution >= 4 is 11.7 Å². The number of ether oxygens (including phenoxy) is 2. The summed E-state index contributed by atoms with van der Waals surface area (Å²) in [6.07, 6.45) is -0.741. The first-order chi connectivity index (χ1) is 15.2. The standard InChI is InChI=1S/C22H27F2N5O3/c1-13(2)19(31-12-15-5-4-6-18(11-15)32-22(23)24)21(30)27-14(3)16-7-9-17(10-8-16)20(25)28-29-26/h4-11,13-14,19,22H,12H2,1-3H3,(H,27,30)(H3,25,26,28)/t14-,19+/m0/s1. The lowest BCUT2D eigenvalue weighted by atomic mass is 10.0. The topological polar surface area (TPSA) is 122 Å². The van der Waals surface area contributed by atoms with Crippen LogP contribution in [0, 0.1) is 11.3 Å². The zero-order chi connectivity index (χ0) is 23.7. The van der Waals surface area contributed by atoms with Crippen molar-refractivity contribution in [1.82, 2.24) is 5.32 Å². The molecule has 0 aliphatic rings. The molecule has 0 fully saturated rings. The van der Waals surface area contributed by atoms with Crippen molar-refractivity contribution in [2.24, 2.45) is 22.1 Å². The normalized spacial score (nSPS) is 13.3. The highest BCUT2D eigenvalue weighted by Crippen LogP contribution is 2.19. The van der Waals surface area contributed by atoms with Crippen LogP contribution in [0.4, 0.5) is 8.78 Å². The molecule has 0 unspecified atom stereocenters. The SMILES string of the molecule is CC(C)[C@@H](OCc1cccc(OC(F)F)c1)C(=O)N[C@@H](C)c1ccc(C(=N)N=NN)cc1. The van der Waals surface area contributed by atoms with Gasteiger partial charge in [0.2, 0.25) is 5.91 Å². The van der Waals surface area contributed by atoms with Crippen molar-refractivity contribution < 1.29 is 23.0 Å². The Bertz CT molecular complexity index is 935. The Hall–Kier alpha value is -3.40. The van der Waals surface area contributed by atoms with Crippen LogP contribution in [0.5, 0.6) is 5.75 Å². The van der Waals surface area contributed by atoms with Gasteiger partial charge >= 0.3 is 6.61 Å². The second-order valence-electron chi connectivity index (χ2n) is 7.42. The summed E-state index contributed by atoms with van der Waals surface area (Å²) in [6.45, 7) is 2.71. The molecule has 0 aliphatic heterocycles. The summed E-state index contributed by atoms with van der Waals surface area (Å²) in [5.74, 6) is 4.52. The Morgan fingerprint density at radius 3 is 2.44 bits per heavy atom. The van der Waals surface area contributed by atoms with Crippen LogP contribution in [0.2, 0.25) is 0 Å². The maximum atomic E-state index is 12.8. The summed E-state index contributed by atoms with van der Waals surface area (Å²) in [6, 6.07) is 12.8. The summed E-state index contributed by atoms with van der Waals surface area (Å²) in [5, 5.41) is 17.2. The lowest BCUT2D eigenvalue weighted by Gasteiger charge is -2.24. The number of nitrogens with two attached hydrogens (primary N) is 1. The van der Waals surface area contributed by atoms with Gasteiger partial charge < -0.3 is 20.6 Å². The highest BCUT2D eigenvalue weighted by Gasteiger charge is 2.25. The molecule has 8 nitrogen and oxygen atoms in total. The fourth-order valence-corrected chi connectivity index (χ4v) is 2.99. The van der Waals surface area contributed by atoms with E-state index in [-0.39, 0.29) is 36.1 Å². The first-order valence-corrected chi connectivity index (χ1v) is 9.96. The Kier molecular flexibility index (Phi) is 9.21. The van der Waals surface area contributed by atoms with Gasteiger partial charge in [0.1, 0.15) is 11.9 Å². The molecule has 0 bridgehead atoms. The monoisotopic (exact) mass is 447 g/mol. The van der Waals surface area contributed by atoms with Gasteiger partial charge in [-0.3, -0.25) is 10.2 Å². The summed E-state index contributed by atoms with van der Waals surface area (Å²) < 4.78 is 35.0. The zero-order valence-corrected chi connectivity index (χ0v) is 18.1. The molecule has 4 N–H and O–H groups in total. The van der Waals surface area contributed by atoms with E-state index < -0.39 is 12.7 Å². The van der Waals surface area contributed by atoms with E-state index in [1.807, 2.05) is 20.8 Å². The minimum Gasteiger partial charge on any atom is -0.435 e. The molecule has 0 saturated carbocycles. The van der Waals surface area contributed by atoms with Gasteiger partial charge in [0.05, 0.1) is 12.6 Å². The van der Waals surface area contributed by atoms with Crippen molar-refractivity contribution in [3.63, 3.8) is 0 Å². The molecule has 1 amide bonds. The number of benzene rings is 2. The zero-order valence-electron chi connectivity index (χ0n) is 18.1. The highest BCUT2D eigenvalue weighted by atomic mass is 19.3. The van der Waals surface area contributed by atoms with E-state index in [1.54, 1.807) is 36.4 Å². The number of carbonyl (C=O) groups is 1. The van der Waals surface area contributed by atoms with Crippen LogP contribution in [0.1, 0.15) is 43.5 Å². The number of hydrogen-bond acceptors (Lipinski definition) is 5. The quantitative estimate of drug-likeness (QED) is 0.165. The van der Waals surface area contributed by atoms with Crippen molar-refractivity contribution in [1.29, 1.82) is 5.41 Å². The van der Waals surface area contributed by atoms with E-state index in [9.17, 15) is 13.6 Å². The van der Waals surface area contributed by atoms with E-state index in [0.717, 1.165) is 5.56 Å². The molecule has 0 spiro atoms. The molecule has 0 heterocycles. The number of rotatable bonds is 10. The first kappa shape index (κ1) is 24.9. The van der Waals surface area contributed by atoms with Gasteiger partial charge in [0.25, 0.3) is 0 Å². The van der Waals surface area contributed by atoms with Gasteiger partial charge in [-0.05, 0) is 36.1 Å². The van der Waals surface area contributed by atoms with E-state index in [4.69, 9.17) is 16.0 Å². The highest BCUT2D eigenvalue weighted by molar-refractivity contribution is 5.96. The van der Waals surface area contributed by atoms with Crippen LogP contribution in [0.15, 0.2) is 58.9 Å². The van der Waals surface area contributed by atoms with Crippen LogP contribution in [-0.2, 0) is 16.1 Å². The number of amidine groups is 1. The molecule has 0 radical (unpaired) electrons. The predicted molar refractivity (Wildman–Crippen MR) is 115 cm³/mol. The van der Waals surface area contributed by atoms with Crippen molar-refractivity contribution in [3.8, 4) is 5.75 Å². The average molecular weight is 447 g/mol. The fraction of sp³-hybridized carbons (Fsp3) is 0.364. The number of alkyl halides is 2. The van der Waals surface area contributed by atoms with Crippen LogP contribution in [0.25, 0.3) is 0 Å². The molecule has 0 aromatic heterocycles. The second kappa shape index (κ2) is 11.8. The summed E-state index contributed by atoms with van der Waals surface area (Å²) in [4.78, 5) is 12.8. The Morgan fingerprint density at radius 2 is 1.84 bits per heavy atom. The molecule has 0 saturated heterocycles. The van der Waals surface area contributed by atoms with Crippen LogP contribution < -0.4 is 15.9 Å². The lowest BCUT2D eigenvalue weighted by molar-refractivity contribution is -0.137. The van der Waals surface area contributed by atoms with Crippen LogP contribution >= 0.6 is 0 Å². The maximum absolute atomic E-state index is 12.8. The molecule has 0 aliphatic carbocycles. The van der Waals surface area contributed by atoms with Crippen LogP contribution in [0.3, 0.4) is 0 Å². The molecular weight excluding hydrogens is 420 g/mol. The minimum atomic E-state index is -2.91. The van der Waals surface area contributed by atoms with E-state index >= 15 is 0 Å². The summed E-state index contributed by atoms with van der Waals surface area (Å²) in [5.41, 5.74) is 1.99. The van der Waals surface area contributed by atoms with Gasteiger partial charge in [-0.1, -0.05) is 55.5 Å². The molecule has 2 aromatic rings. The second-order valence-corrected chi connectivity index (χ2v) is 7.42. The van der Waals surface area contributed by atoms with E-state index in [2.05, 4.69) is 20.4 Å². The van der Waals surface area contributed by atoms with Gasteiger partial charge in [-0.2, -0.15) is 8.78 Å². The maximum Gasteiger partial charge on any atom is 0.387 e. The van der Waals surface area contributed by atoms with E-state index in [0.29, 0.717) is 11.1 Å². The molecule has 2 atom stereocenters. The number of nitrogens with zero attached hydrogens (tertiary/aromatic N) is 2. The van der Waals surface area contributed by atoms with Crippen LogP contribution in [-0.4, -0.2) is 24.5 Å². The predicted octanol–water partition coefficient (Wildman–Crippen LogP) is 4.36. The molecule has 32 heavy (non-hydrogen) atoms. The Morgan fingerprint density at radius 1 is 1.16 bits per heavy atom. The summed E-state index contributed by atoms with van der Waals surface area (Å²) >= 11 is 0. The van der Waals surface area contributed by atoms with E-state index in [1.165, 1.54) is 12.1 Å². The molecule has 10 heteroatoms. The first-order valence-electron chi connectivity index (χ1n) is 9.96. The van der Waals surface area contributed by atoms with Crippen molar-refractivity contribution in [2.45, 2.75) is 46.1 Å². The number of amides is 1. The summed E-state index contributed by atoms with van der Waals surface area (Å²) in [7, 11) is 0. The third-order valence-corrected chi connectivity index (χ3v) is 4.62. The minimum absolute atomic E-state index is 0.0322. The molecule has 172 valence electrons. The smallest absolute Gasteiger partial charge is 0.387 e. The third-order valence-electron chi connectivity index (χ3n) is 4.62. The number of nitrogens with one attached hydrogen (secondary N) is 2. The Balaban J connectivity index is 2.00. The largest absolute Gasteiger partial charge is 0.435 e. The fourth-order valence-electron chi connectivity index (χ4n) is 2.99. The average Bonchev–Trinajstić information content (AvgIpc) is 2.73. The van der Waals surface area contributed by atoms with Gasteiger partial charge in [0.15, 0.2) is 5.84 Å². The number of halogens is 2. The Labute approximate surface area is 185 Å². The number of hydrogen-bond donors (Lipinski definition) is 3. The molecule has 2 aromatic carbocycles. The third kappa shape index (κ3) is 7.38. The molecule has 2 rings (SSSR count).